The summed E-state index contributed by atoms with van der Waals surface area (Å²) in [7, 11) is 0. The van der Waals surface area contributed by atoms with E-state index in [1.165, 1.54) is 6.92 Å². The molecule has 0 spiro atoms. The largest absolute Gasteiger partial charge is 0.508 e. The van der Waals surface area contributed by atoms with Gasteiger partial charge >= 0.3 is 0 Å². The van der Waals surface area contributed by atoms with Gasteiger partial charge in [0.15, 0.2) is 0 Å². The maximum atomic E-state index is 11.7. The molecule has 166 valence electrons. The Morgan fingerprint density at radius 3 is 2.06 bits per heavy atom. The van der Waals surface area contributed by atoms with Crippen LogP contribution in [0.3, 0.4) is 0 Å². The minimum absolute atomic E-state index is 0.138. The first-order chi connectivity index (χ1) is 15.5. The first-order valence-corrected chi connectivity index (χ1v) is 10.5. The molecule has 3 aromatic carbocycles. The van der Waals surface area contributed by atoms with Gasteiger partial charge in [0.1, 0.15) is 11.5 Å². The predicted molar refractivity (Wildman–Crippen MR) is 130 cm³/mol. The van der Waals surface area contributed by atoms with E-state index in [4.69, 9.17) is 0 Å². The number of anilines is 5. The van der Waals surface area contributed by atoms with E-state index in [-0.39, 0.29) is 23.9 Å². The molecule has 0 aliphatic carbocycles. The molecule has 3 rings (SSSR count). The highest BCUT2D eigenvalue weighted by atomic mass is 16.3. The van der Waals surface area contributed by atoms with E-state index in [0.717, 1.165) is 42.3 Å². The molecule has 0 heterocycles. The van der Waals surface area contributed by atoms with Crippen LogP contribution in [0.4, 0.5) is 28.4 Å². The molecule has 0 radical (unpaired) electrons. The molecule has 1 amide bonds. The molecule has 0 atom stereocenters. The number of para-hydroxylation sites is 1. The van der Waals surface area contributed by atoms with Gasteiger partial charge in [-0.3, -0.25) is 9.59 Å². The van der Waals surface area contributed by atoms with Crippen molar-refractivity contribution in [2.75, 3.05) is 34.4 Å². The highest BCUT2D eigenvalue weighted by Crippen LogP contribution is 2.26. The van der Waals surface area contributed by atoms with Crippen molar-refractivity contribution in [3.8, 4) is 5.75 Å². The molecule has 0 fully saturated rings. The van der Waals surface area contributed by atoms with Gasteiger partial charge in [0.05, 0.1) is 6.42 Å². The number of phenolic OH excluding ortho intramolecular Hbond substituents is 1. The Bertz CT molecular complexity index is 1040. The van der Waals surface area contributed by atoms with Gasteiger partial charge in [-0.25, -0.2) is 0 Å². The molecule has 7 nitrogen and oxygen atoms in total. The lowest BCUT2D eigenvalue weighted by atomic mass is 10.2. The van der Waals surface area contributed by atoms with Crippen molar-refractivity contribution < 1.29 is 14.7 Å². The van der Waals surface area contributed by atoms with Gasteiger partial charge in [0, 0.05) is 53.7 Å². The topological polar surface area (TPSA) is 102 Å². The number of benzene rings is 3. The van der Waals surface area contributed by atoms with Crippen LogP contribution in [0.5, 0.6) is 5.75 Å². The number of phenols is 1. The van der Waals surface area contributed by atoms with Crippen molar-refractivity contribution >= 4 is 40.1 Å². The van der Waals surface area contributed by atoms with E-state index >= 15 is 0 Å². The van der Waals surface area contributed by atoms with Gasteiger partial charge in [-0.1, -0.05) is 18.2 Å². The van der Waals surface area contributed by atoms with Gasteiger partial charge in [0.2, 0.25) is 5.91 Å². The van der Waals surface area contributed by atoms with Crippen LogP contribution in [0.1, 0.15) is 19.8 Å². The second kappa shape index (κ2) is 11.4. The summed E-state index contributed by atoms with van der Waals surface area (Å²) >= 11 is 0. The van der Waals surface area contributed by atoms with Gasteiger partial charge in [-0.2, -0.15) is 0 Å². The lowest BCUT2D eigenvalue weighted by Crippen LogP contribution is -2.14. The summed E-state index contributed by atoms with van der Waals surface area (Å²) < 4.78 is 0. The van der Waals surface area contributed by atoms with Crippen molar-refractivity contribution in [3.05, 3.63) is 72.8 Å². The minimum atomic E-state index is -0.333. The molecule has 5 N–H and O–H groups in total. The van der Waals surface area contributed by atoms with Crippen molar-refractivity contribution in [1.29, 1.82) is 0 Å². The summed E-state index contributed by atoms with van der Waals surface area (Å²) in [5.74, 6) is -0.351. The number of hydrogen-bond donors (Lipinski definition) is 5. The van der Waals surface area contributed by atoms with Crippen LogP contribution >= 0.6 is 0 Å². The number of nitrogens with one attached hydrogen (secondary N) is 4. The molecule has 0 saturated carbocycles. The fourth-order valence-electron chi connectivity index (χ4n) is 3.13. The Kier molecular flexibility index (Phi) is 8.09. The highest BCUT2D eigenvalue weighted by molar-refractivity contribution is 6.03. The monoisotopic (exact) mass is 432 g/mol. The molecule has 0 aliphatic heterocycles. The SMILES string of the molecule is CC(=O)CC(=O)Nc1ccc(Nc2cc(O)cc(NCCCNc3ccccc3)c2)cc1. The number of hydrogen-bond acceptors (Lipinski definition) is 6. The smallest absolute Gasteiger partial charge is 0.231 e. The molecule has 0 unspecified atom stereocenters. The van der Waals surface area contributed by atoms with E-state index in [9.17, 15) is 14.7 Å². The molecule has 32 heavy (non-hydrogen) atoms. The fourth-order valence-corrected chi connectivity index (χ4v) is 3.13. The van der Waals surface area contributed by atoms with Crippen molar-refractivity contribution in [2.24, 2.45) is 0 Å². The molecular weight excluding hydrogens is 404 g/mol. The predicted octanol–water partition coefficient (Wildman–Crippen LogP) is 4.97. The molecule has 3 aromatic rings. The molecule has 0 bridgehead atoms. The lowest BCUT2D eigenvalue weighted by molar-refractivity contribution is -0.124. The third-order valence-electron chi connectivity index (χ3n) is 4.57. The third kappa shape index (κ3) is 7.68. The third-order valence-corrected chi connectivity index (χ3v) is 4.57. The number of rotatable bonds is 11. The highest BCUT2D eigenvalue weighted by Gasteiger charge is 2.06. The van der Waals surface area contributed by atoms with Crippen molar-refractivity contribution in [1.82, 2.24) is 0 Å². The van der Waals surface area contributed by atoms with Gasteiger partial charge in [-0.15, -0.1) is 0 Å². The zero-order valence-electron chi connectivity index (χ0n) is 18.0. The summed E-state index contributed by atoms with van der Waals surface area (Å²) in [5, 5.41) is 22.7. The number of Topliss-reactive ketones (excluding diaryl/α,β-unsaturated/α-hetero) is 1. The average Bonchev–Trinajstić information content (AvgIpc) is 2.75. The summed E-state index contributed by atoms with van der Waals surface area (Å²) in [6.07, 6.45) is 0.783. The summed E-state index contributed by atoms with van der Waals surface area (Å²) in [5.41, 5.74) is 4.08. The van der Waals surface area contributed by atoms with Crippen LogP contribution in [0.15, 0.2) is 72.8 Å². The second-order valence-electron chi connectivity index (χ2n) is 7.47. The van der Waals surface area contributed by atoms with Crippen molar-refractivity contribution in [3.63, 3.8) is 0 Å². The van der Waals surface area contributed by atoms with Crippen LogP contribution in [0, 0.1) is 0 Å². The Balaban J connectivity index is 1.49. The summed E-state index contributed by atoms with van der Waals surface area (Å²) in [6, 6.07) is 22.4. The van der Waals surface area contributed by atoms with Crippen molar-refractivity contribution in [2.45, 2.75) is 19.8 Å². The molecule has 7 heteroatoms. The molecule has 0 aliphatic rings. The normalized spacial score (nSPS) is 10.3. The van der Waals surface area contributed by atoms with Crippen LogP contribution in [0.2, 0.25) is 0 Å². The van der Waals surface area contributed by atoms with E-state index in [0.29, 0.717) is 5.69 Å². The minimum Gasteiger partial charge on any atom is -0.508 e. The first kappa shape index (κ1) is 22.7. The van der Waals surface area contributed by atoms with Gasteiger partial charge in [0.25, 0.3) is 0 Å². The Morgan fingerprint density at radius 2 is 1.38 bits per heavy atom. The average molecular weight is 433 g/mol. The van der Waals surface area contributed by atoms with Crippen LogP contribution in [-0.2, 0) is 9.59 Å². The Labute approximate surface area is 187 Å². The lowest BCUT2D eigenvalue weighted by Gasteiger charge is -2.12. The number of carbonyl (C=O) groups excluding carboxylic acids is 2. The molecule has 0 aromatic heterocycles. The van der Waals surface area contributed by atoms with E-state index in [1.54, 1.807) is 24.3 Å². The number of amides is 1. The Morgan fingerprint density at radius 1 is 0.750 bits per heavy atom. The van der Waals surface area contributed by atoms with E-state index in [2.05, 4.69) is 21.3 Å². The maximum absolute atomic E-state index is 11.7. The number of carbonyl (C=O) groups is 2. The Hall–Kier alpha value is -4.00. The zero-order valence-corrected chi connectivity index (χ0v) is 18.0. The number of ketones is 1. The summed E-state index contributed by atoms with van der Waals surface area (Å²) in [4.78, 5) is 22.7. The zero-order chi connectivity index (χ0) is 22.8. The van der Waals surface area contributed by atoms with Gasteiger partial charge in [-0.05, 0) is 55.8 Å². The van der Waals surface area contributed by atoms with E-state index < -0.39 is 0 Å². The second-order valence-corrected chi connectivity index (χ2v) is 7.47. The van der Waals surface area contributed by atoms with E-state index in [1.807, 2.05) is 48.5 Å². The molecule has 0 saturated heterocycles. The quantitative estimate of drug-likeness (QED) is 0.217. The fraction of sp³-hybridized carbons (Fsp3) is 0.200. The maximum Gasteiger partial charge on any atom is 0.231 e. The first-order valence-electron chi connectivity index (χ1n) is 10.5. The molecular formula is C25H28N4O3. The van der Waals surface area contributed by atoms with Gasteiger partial charge < -0.3 is 26.4 Å². The number of aromatic hydroxyl groups is 1. The van der Waals surface area contributed by atoms with Crippen LogP contribution in [-0.4, -0.2) is 29.9 Å². The van der Waals surface area contributed by atoms with Crippen LogP contribution in [0.25, 0.3) is 0 Å². The summed E-state index contributed by atoms with van der Waals surface area (Å²) in [6.45, 7) is 2.99. The standard InChI is InChI=1S/C25H28N4O3/c1-18(30)14-25(32)29-21-10-8-20(9-11-21)28-23-15-22(16-24(31)17-23)27-13-5-12-26-19-6-3-2-4-7-19/h2-4,6-11,15-17,26-28,31H,5,12-14H2,1H3,(H,29,32). The van der Waals surface area contributed by atoms with Crippen LogP contribution < -0.4 is 21.3 Å².